The van der Waals surface area contributed by atoms with Crippen molar-refractivity contribution in [1.82, 2.24) is 4.90 Å². The molecule has 0 aliphatic carbocycles. The molecule has 8 heteroatoms. The van der Waals surface area contributed by atoms with Crippen molar-refractivity contribution in [2.45, 2.75) is 41.9 Å². The summed E-state index contributed by atoms with van der Waals surface area (Å²) < 4.78 is 20.6. The first-order valence-corrected chi connectivity index (χ1v) is 12.2. The molecule has 0 radical (unpaired) electrons. The number of carbonyl (C=O) groups excluding carboxylic acids is 1. The van der Waals surface area contributed by atoms with Crippen LogP contribution in [0.3, 0.4) is 0 Å². The first-order chi connectivity index (χ1) is 16.3. The Bertz CT molecular complexity index is 984. The van der Waals surface area contributed by atoms with Gasteiger partial charge in [0, 0.05) is 6.54 Å². The molecule has 0 bridgehead atoms. The lowest BCUT2D eigenvalue weighted by Crippen LogP contribution is -2.49. The lowest BCUT2D eigenvalue weighted by atomic mass is 9.95. The first kappa shape index (κ1) is 26.2. The van der Waals surface area contributed by atoms with Gasteiger partial charge in [-0.1, -0.05) is 12.1 Å². The van der Waals surface area contributed by atoms with E-state index in [0.717, 1.165) is 47.7 Å². The molecule has 0 spiro atoms. The fraction of sp³-hybridized carbons (Fsp3) is 0.500. The van der Waals surface area contributed by atoms with Gasteiger partial charge in [0.1, 0.15) is 23.2 Å². The van der Waals surface area contributed by atoms with Crippen LogP contribution in [0.1, 0.15) is 24.0 Å². The van der Waals surface area contributed by atoms with Gasteiger partial charge in [-0.05, 0) is 75.2 Å². The van der Waals surface area contributed by atoms with Gasteiger partial charge in [-0.15, -0.1) is 11.8 Å². The van der Waals surface area contributed by atoms with E-state index in [4.69, 9.17) is 18.9 Å². The molecule has 7 nitrogen and oxygen atoms in total. The Hall–Kier alpha value is -2.42. The lowest BCUT2D eigenvalue weighted by molar-refractivity contribution is -0.147. The Morgan fingerprint density at radius 3 is 2.62 bits per heavy atom. The number of nitrogens with zero attached hydrogens (tertiary/aromatic N) is 1. The molecule has 1 aliphatic rings. The van der Waals surface area contributed by atoms with Gasteiger partial charge < -0.3 is 29.0 Å². The summed E-state index contributed by atoms with van der Waals surface area (Å²) in [5, 5.41) is 11.0. The standard InChI is InChI=1S/C26H35NO6S/c1-18-7-9-21-23(15-18)34-26(25(29)32-5,24(28)17-33-21)12-6-13-27(2)14-11-19-8-10-20(30-3)22(16-19)31-4/h7-10,15-16,24,28H,6,11-14,17H2,1-5H3. The Labute approximate surface area is 206 Å². The molecular weight excluding hydrogens is 454 g/mol. The third kappa shape index (κ3) is 5.98. The molecule has 1 heterocycles. The predicted octanol–water partition coefficient (Wildman–Crippen LogP) is 3.72. The van der Waals surface area contributed by atoms with E-state index in [1.165, 1.54) is 18.9 Å². The zero-order valence-electron chi connectivity index (χ0n) is 20.6. The second kappa shape index (κ2) is 11.8. The maximum absolute atomic E-state index is 13.0. The zero-order chi connectivity index (χ0) is 24.7. The highest BCUT2D eigenvalue weighted by Crippen LogP contribution is 2.46. The number of hydrogen-bond acceptors (Lipinski definition) is 8. The lowest BCUT2D eigenvalue weighted by Gasteiger charge is -2.33. The molecule has 0 aromatic heterocycles. The number of fused-ring (bicyclic) bond motifs is 1. The van der Waals surface area contributed by atoms with Gasteiger partial charge in [-0.2, -0.15) is 0 Å². The molecule has 3 rings (SSSR count). The number of rotatable bonds is 10. The minimum absolute atomic E-state index is 0.0489. The number of benzene rings is 2. The summed E-state index contributed by atoms with van der Waals surface area (Å²) in [5.41, 5.74) is 2.23. The summed E-state index contributed by atoms with van der Waals surface area (Å²) in [5.74, 6) is 1.70. The highest BCUT2D eigenvalue weighted by molar-refractivity contribution is 8.01. The average Bonchev–Trinajstić information content (AvgIpc) is 2.98. The number of likely N-dealkylation sites (N-methyl/N-ethyl adjacent to an activating group) is 1. The second-order valence-corrected chi connectivity index (χ2v) is 9.98. The Balaban J connectivity index is 1.63. The molecule has 0 saturated heterocycles. The van der Waals surface area contributed by atoms with Crippen LogP contribution in [0.15, 0.2) is 41.3 Å². The van der Waals surface area contributed by atoms with E-state index in [9.17, 15) is 9.90 Å². The van der Waals surface area contributed by atoms with Crippen LogP contribution in [0.4, 0.5) is 0 Å². The Morgan fingerprint density at radius 1 is 1.15 bits per heavy atom. The van der Waals surface area contributed by atoms with Gasteiger partial charge in [0.25, 0.3) is 0 Å². The number of aliphatic hydroxyl groups excluding tert-OH is 1. The number of ether oxygens (including phenoxy) is 4. The smallest absolute Gasteiger partial charge is 0.325 e. The van der Waals surface area contributed by atoms with Crippen LogP contribution < -0.4 is 14.2 Å². The van der Waals surface area contributed by atoms with E-state index >= 15 is 0 Å². The normalized spacial score (nSPS) is 19.7. The molecule has 2 atom stereocenters. The number of methoxy groups -OCH3 is 3. The summed E-state index contributed by atoms with van der Waals surface area (Å²) in [6.45, 7) is 3.67. The van der Waals surface area contributed by atoms with Crippen molar-refractivity contribution in [2.24, 2.45) is 0 Å². The molecule has 1 N–H and O–H groups in total. The number of aryl methyl sites for hydroxylation is 1. The van der Waals surface area contributed by atoms with Crippen LogP contribution in [0.2, 0.25) is 0 Å². The van der Waals surface area contributed by atoms with Crippen LogP contribution in [0, 0.1) is 6.92 Å². The molecule has 34 heavy (non-hydrogen) atoms. The first-order valence-electron chi connectivity index (χ1n) is 11.4. The minimum atomic E-state index is -1.11. The van der Waals surface area contributed by atoms with Gasteiger partial charge in [0.05, 0.1) is 26.2 Å². The summed E-state index contributed by atoms with van der Waals surface area (Å²) in [7, 11) is 6.69. The number of aliphatic hydroxyl groups is 1. The molecule has 0 fully saturated rings. The Morgan fingerprint density at radius 2 is 1.91 bits per heavy atom. The average molecular weight is 490 g/mol. The van der Waals surface area contributed by atoms with Crippen molar-refractivity contribution in [3.63, 3.8) is 0 Å². The summed E-state index contributed by atoms with van der Waals surface area (Å²) in [4.78, 5) is 16.0. The van der Waals surface area contributed by atoms with E-state index in [-0.39, 0.29) is 6.61 Å². The fourth-order valence-corrected chi connectivity index (χ4v) is 5.61. The third-order valence-electron chi connectivity index (χ3n) is 6.18. The summed E-state index contributed by atoms with van der Waals surface area (Å²) >= 11 is 1.36. The van der Waals surface area contributed by atoms with Crippen LogP contribution in [-0.4, -0.2) is 74.9 Å². The monoisotopic (exact) mass is 489 g/mol. The number of thioether (sulfide) groups is 1. The summed E-state index contributed by atoms with van der Waals surface area (Å²) in [6.07, 6.45) is 1.08. The highest BCUT2D eigenvalue weighted by Gasteiger charge is 2.49. The van der Waals surface area contributed by atoms with Gasteiger partial charge in [0.2, 0.25) is 0 Å². The SMILES string of the molecule is COC(=O)C1(CCCN(C)CCc2ccc(OC)c(OC)c2)Sc2cc(C)ccc2OCC1O. The van der Waals surface area contributed by atoms with Gasteiger partial charge in [-0.3, -0.25) is 4.79 Å². The minimum Gasteiger partial charge on any atom is -0.493 e. The number of hydrogen-bond donors (Lipinski definition) is 1. The molecule has 2 aromatic carbocycles. The highest BCUT2D eigenvalue weighted by atomic mass is 32.2. The van der Waals surface area contributed by atoms with Gasteiger partial charge in [0.15, 0.2) is 11.5 Å². The van der Waals surface area contributed by atoms with Crippen molar-refractivity contribution < 1.29 is 28.8 Å². The van der Waals surface area contributed by atoms with Crippen molar-refractivity contribution >= 4 is 17.7 Å². The van der Waals surface area contributed by atoms with E-state index in [0.29, 0.717) is 17.9 Å². The molecule has 2 unspecified atom stereocenters. The molecule has 1 aliphatic heterocycles. The van der Waals surface area contributed by atoms with Crippen LogP contribution in [-0.2, 0) is 16.0 Å². The second-order valence-electron chi connectivity index (χ2n) is 8.61. The third-order valence-corrected chi connectivity index (χ3v) is 7.72. The molecule has 186 valence electrons. The quantitative estimate of drug-likeness (QED) is 0.506. The molecule has 2 aromatic rings. The van der Waals surface area contributed by atoms with Crippen molar-refractivity contribution in [2.75, 3.05) is 48.1 Å². The van der Waals surface area contributed by atoms with Crippen molar-refractivity contribution in [1.29, 1.82) is 0 Å². The number of esters is 1. The Kier molecular flexibility index (Phi) is 9.10. The maximum atomic E-state index is 13.0. The van der Waals surface area contributed by atoms with Crippen LogP contribution in [0.5, 0.6) is 17.2 Å². The molecular formula is C26H35NO6S. The number of carbonyl (C=O) groups is 1. The largest absolute Gasteiger partial charge is 0.493 e. The van der Waals surface area contributed by atoms with E-state index in [1.54, 1.807) is 14.2 Å². The van der Waals surface area contributed by atoms with Crippen molar-refractivity contribution in [3.05, 3.63) is 47.5 Å². The van der Waals surface area contributed by atoms with Crippen LogP contribution in [0.25, 0.3) is 0 Å². The maximum Gasteiger partial charge on any atom is 0.325 e. The molecule has 0 amide bonds. The van der Waals surface area contributed by atoms with E-state index in [1.807, 2.05) is 43.3 Å². The van der Waals surface area contributed by atoms with Crippen LogP contribution >= 0.6 is 11.8 Å². The van der Waals surface area contributed by atoms with Crippen molar-refractivity contribution in [3.8, 4) is 17.2 Å². The van der Waals surface area contributed by atoms with E-state index < -0.39 is 16.8 Å². The van der Waals surface area contributed by atoms with Gasteiger partial charge in [-0.25, -0.2) is 0 Å². The molecule has 0 saturated carbocycles. The topological polar surface area (TPSA) is 77.5 Å². The van der Waals surface area contributed by atoms with Gasteiger partial charge >= 0.3 is 5.97 Å². The van der Waals surface area contributed by atoms with E-state index in [2.05, 4.69) is 11.9 Å². The fourth-order valence-electron chi connectivity index (χ4n) is 4.13. The zero-order valence-corrected chi connectivity index (χ0v) is 21.4. The predicted molar refractivity (Wildman–Crippen MR) is 133 cm³/mol. The summed E-state index contributed by atoms with van der Waals surface area (Å²) in [6, 6.07) is 11.8.